The minimum atomic E-state index is -1.18. The van der Waals surface area contributed by atoms with E-state index in [4.69, 9.17) is 0 Å². The molecule has 20 heavy (non-hydrogen) atoms. The molecule has 1 atom stereocenters. The first-order valence-electron chi connectivity index (χ1n) is 6.67. The topological polar surface area (TPSA) is 50.4 Å². The van der Waals surface area contributed by atoms with Gasteiger partial charge in [-0.3, -0.25) is 0 Å². The lowest BCUT2D eigenvalue weighted by atomic mass is 10.1. The van der Waals surface area contributed by atoms with Gasteiger partial charge in [-0.1, -0.05) is 0 Å². The molecule has 0 saturated carbocycles. The van der Waals surface area contributed by atoms with Crippen LogP contribution in [-0.4, -0.2) is 32.2 Å². The third kappa shape index (κ3) is 3.25. The van der Waals surface area contributed by atoms with E-state index in [1.54, 1.807) is 0 Å². The Kier molecular flexibility index (Phi) is 4.89. The Morgan fingerprint density at radius 2 is 2.25 bits per heavy atom. The van der Waals surface area contributed by atoms with E-state index in [2.05, 4.69) is 15.4 Å². The number of hydrogen-bond donors (Lipinski definition) is 2. The summed E-state index contributed by atoms with van der Waals surface area (Å²) in [7, 11) is 1.13. The van der Waals surface area contributed by atoms with Crippen molar-refractivity contribution in [3.63, 3.8) is 0 Å². The van der Waals surface area contributed by atoms with E-state index in [9.17, 15) is 13.6 Å². The Labute approximate surface area is 116 Å². The molecule has 0 amide bonds. The molecule has 0 spiro atoms. The molecule has 2 N–H and O–H groups in total. The van der Waals surface area contributed by atoms with Gasteiger partial charge < -0.3 is 15.4 Å². The van der Waals surface area contributed by atoms with Crippen molar-refractivity contribution >= 4 is 11.7 Å². The Morgan fingerprint density at radius 1 is 1.45 bits per heavy atom. The molecule has 1 saturated heterocycles. The zero-order valence-electron chi connectivity index (χ0n) is 11.3. The summed E-state index contributed by atoms with van der Waals surface area (Å²) in [5.41, 5.74) is -0.332. The van der Waals surface area contributed by atoms with Crippen LogP contribution in [0, 0.1) is 11.6 Å². The molecular formula is C14H18F2N2O2. The van der Waals surface area contributed by atoms with Crippen LogP contribution in [0.15, 0.2) is 12.1 Å². The van der Waals surface area contributed by atoms with Crippen LogP contribution in [0.2, 0.25) is 0 Å². The van der Waals surface area contributed by atoms with Crippen molar-refractivity contribution in [1.82, 2.24) is 5.32 Å². The van der Waals surface area contributed by atoms with Crippen molar-refractivity contribution < 1.29 is 18.3 Å². The van der Waals surface area contributed by atoms with Crippen LogP contribution in [0.1, 0.15) is 29.6 Å². The summed E-state index contributed by atoms with van der Waals surface area (Å²) in [6, 6.07) is 3.01. The first kappa shape index (κ1) is 14.7. The van der Waals surface area contributed by atoms with Gasteiger partial charge in [0.05, 0.1) is 18.4 Å². The summed E-state index contributed by atoms with van der Waals surface area (Å²) >= 11 is 0. The van der Waals surface area contributed by atoms with Crippen molar-refractivity contribution in [2.24, 2.45) is 0 Å². The monoisotopic (exact) mass is 284 g/mol. The minimum absolute atomic E-state index is 0.0631. The van der Waals surface area contributed by atoms with E-state index in [1.165, 1.54) is 12.1 Å². The molecule has 0 aromatic heterocycles. The maximum Gasteiger partial charge on any atom is 0.340 e. The Hall–Kier alpha value is -1.69. The highest BCUT2D eigenvalue weighted by Gasteiger charge is 2.19. The average Bonchev–Trinajstić information content (AvgIpc) is 2.96. The summed E-state index contributed by atoms with van der Waals surface area (Å²) in [5.74, 6) is -3.11. The summed E-state index contributed by atoms with van der Waals surface area (Å²) in [6.45, 7) is 1.56. The fraction of sp³-hybridized carbons (Fsp3) is 0.500. The van der Waals surface area contributed by atoms with Crippen molar-refractivity contribution in [3.05, 3.63) is 29.3 Å². The van der Waals surface area contributed by atoms with Gasteiger partial charge in [-0.25, -0.2) is 13.6 Å². The van der Waals surface area contributed by atoms with Crippen LogP contribution < -0.4 is 10.6 Å². The predicted molar refractivity (Wildman–Crippen MR) is 71.8 cm³/mol. The lowest BCUT2D eigenvalue weighted by Crippen LogP contribution is -2.24. The molecular weight excluding hydrogens is 266 g/mol. The molecule has 0 radical (unpaired) electrons. The highest BCUT2D eigenvalue weighted by molar-refractivity contribution is 5.90. The van der Waals surface area contributed by atoms with Crippen molar-refractivity contribution in [2.75, 3.05) is 25.5 Å². The quantitative estimate of drug-likeness (QED) is 0.815. The third-order valence-electron chi connectivity index (χ3n) is 3.46. The van der Waals surface area contributed by atoms with Gasteiger partial charge in [0.15, 0.2) is 11.6 Å². The molecule has 1 aromatic carbocycles. The number of methoxy groups -OCH3 is 1. The molecule has 0 aliphatic carbocycles. The smallest absolute Gasteiger partial charge is 0.340 e. The molecule has 4 nitrogen and oxygen atoms in total. The van der Waals surface area contributed by atoms with Gasteiger partial charge in [-0.2, -0.15) is 0 Å². The van der Waals surface area contributed by atoms with E-state index >= 15 is 0 Å². The Morgan fingerprint density at radius 3 is 2.90 bits per heavy atom. The summed E-state index contributed by atoms with van der Waals surface area (Å²) in [5, 5.41) is 6.19. The van der Waals surface area contributed by atoms with Gasteiger partial charge in [0.25, 0.3) is 0 Å². The number of hydrogen-bond acceptors (Lipinski definition) is 4. The largest absolute Gasteiger partial charge is 0.465 e. The second-order valence-corrected chi connectivity index (χ2v) is 4.79. The molecule has 1 aromatic rings. The zero-order valence-corrected chi connectivity index (χ0v) is 11.3. The molecule has 1 unspecified atom stereocenters. The summed E-state index contributed by atoms with van der Waals surface area (Å²) < 4.78 is 31.9. The van der Waals surface area contributed by atoms with Crippen LogP contribution in [-0.2, 0) is 4.74 Å². The van der Waals surface area contributed by atoms with Crippen LogP contribution in [0.25, 0.3) is 0 Å². The van der Waals surface area contributed by atoms with Crippen LogP contribution in [0.5, 0.6) is 0 Å². The SMILES string of the molecule is COC(=O)c1ccc(NCCC2CCCN2)c(F)c1F. The highest BCUT2D eigenvalue weighted by atomic mass is 19.2. The Bertz CT molecular complexity index is 488. The number of benzene rings is 1. The normalized spacial score (nSPS) is 18.1. The number of carbonyl (C=O) groups excluding carboxylic acids is 1. The number of nitrogens with one attached hydrogen (secondary N) is 2. The van der Waals surface area contributed by atoms with Gasteiger partial charge in [0.2, 0.25) is 0 Å². The summed E-state index contributed by atoms with van der Waals surface area (Å²) in [6.07, 6.45) is 3.11. The molecule has 1 aliphatic rings. The van der Waals surface area contributed by atoms with E-state index in [0.717, 1.165) is 32.9 Å². The van der Waals surface area contributed by atoms with E-state index < -0.39 is 23.2 Å². The minimum Gasteiger partial charge on any atom is -0.465 e. The molecule has 1 heterocycles. The highest BCUT2D eigenvalue weighted by Crippen LogP contribution is 2.21. The predicted octanol–water partition coefficient (Wildman–Crippen LogP) is 2.31. The fourth-order valence-electron chi connectivity index (χ4n) is 2.34. The number of anilines is 1. The van der Waals surface area contributed by atoms with Crippen LogP contribution >= 0.6 is 0 Å². The maximum absolute atomic E-state index is 13.8. The number of ether oxygens (including phenoxy) is 1. The van der Waals surface area contributed by atoms with Crippen molar-refractivity contribution in [1.29, 1.82) is 0 Å². The van der Waals surface area contributed by atoms with Gasteiger partial charge in [0.1, 0.15) is 0 Å². The lowest BCUT2D eigenvalue weighted by Gasteiger charge is -2.13. The third-order valence-corrected chi connectivity index (χ3v) is 3.46. The molecule has 1 fully saturated rings. The molecule has 110 valence electrons. The van der Waals surface area contributed by atoms with E-state index in [1.807, 2.05) is 0 Å². The van der Waals surface area contributed by atoms with E-state index in [0.29, 0.717) is 12.6 Å². The number of carbonyl (C=O) groups is 1. The number of halogens is 2. The second kappa shape index (κ2) is 6.65. The lowest BCUT2D eigenvalue weighted by molar-refractivity contribution is 0.0594. The van der Waals surface area contributed by atoms with E-state index in [-0.39, 0.29) is 5.69 Å². The molecule has 2 rings (SSSR count). The van der Waals surface area contributed by atoms with Crippen molar-refractivity contribution in [2.45, 2.75) is 25.3 Å². The average molecular weight is 284 g/mol. The molecule has 1 aliphatic heterocycles. The maximum atomic E-state index is 13.8. The first-order chi connectivity index (χ1) is 9.63. The van der Waals surface area contributed by atoms with Gasteiger partial charge in [-0.15, -0.1) is 0 Å². The van der Waals surface area contributed by atoms with Crippen LogP contribution in [0.4, 0.5) is 14.5 Å². The van der Waals surface area contributed by atoms with Crippen molar-refractivity contribution in [3.8, 4) is 0 Å². The first-order valence-corrected chi connectivity index (χ1v) is 6.67. The number of rotatable bonds is 5. The Balaban J connectivity index is 1.98. The number of esters is 1. The zero-order chi connectivity index (χ0) is 14.5. The van der Waals surface area contributed by atoms with Gasteiger partial charge >= 0.3 is 5.97 Å². The second-order valence-electron chi connectivity index (χ2n) is 4.79. The molecule has 0 bridgehead atoms. The standard InChI is InChI=1S/C14H18F2N2O2/c1-20-14(19)10-4-5-11(13(16)12(10)15)18-8-6-9-3-2-7-17-9/h4-5,9,17-18H,2-3,6-8H2,1H3. The van der Waals surface area contributed by atoms with Crippen LogP contribution in [0.3, 0.4) is 0 Å². The summed E-state index contributed by atoms with van der Waals surface area (Å²) in [4.78, 5) is 11.2. The molecule has 6 heteroatoms. The van der Waals surface area contributed by atoms with Gasteiger partial charge in [0, 0.05) is 12.6 Å². The fourth-order valence-corrected chi connectivity index (χ4v) is 2.34. The van der Waals surface area contributed by atoms with Gasteiger partial charge in [-0.05, 0) is 37.9 Å².